The number of carboxylic acid groups (broad SMARTS) is 1. The Morgan fingerprint density at radius 2 is 2.26 bits per heavy atom. The second-order valence-electron chi connectivity index (χ2n) is 4.51. The number of hydrogen-bond acceptors (Lipinski definition) is 5. The van der Waals surface area contributed by atoms with Gasteiger partial charge in [-0.2, -0.15) is 4.98 Å². The van der Waals surface area contributed by atoms with Crippen LogP contribution in [0.2, 0.25) is 0 Å². The summed E-state index contributed by atoms with van der Waals surface area (Å²) >= 11 is 0. The number of hydrogen-bond donors (Lipinski definition) is 1. The lowest BCUT2D eigenvalue weighted by molar-refractivity contribution is 0.0695. The number of aromatic nitrogens is 3. The molecule has 0 aromatic carbocycles. The zero-order valence-corrected chi connectivity index (χ0v) is 9.94. The van der Waals surface area contributed by atoms with E-state index >= 15 is 0 Å². The molecule has 0 radical (unpaired) electrons. The van der Waals surface area contributed by atoms with E-state index in [1.165, 1.54) is 22.9 Å². The van der Waals surface area contributed by atoms with Gasteiger partial charge in [0.25, 0.3) is 5.56 Å². The molecule has 7 nitrogen and oxygen atoms in total. The number of carboxylic acids is 1. The van der Waals surface area contributed by atoms with Gasteiger partial charge in [-0.15, -0.1) is 0 Å². The van der Waals surface area contributed by atoms with Crippen molar-refractivity contribution in [3.05, 3.63) is 46.0 Å². The summed E-state index contributed by atoms with van der Waals surface area (Å²) < 4.78 is 6.30. The molecule has 0 saturated heterocycles. The van der Waals surface area contributed by atoms with E-state index in [2.05, 4.69) is 10.1 Å². The minimum atomic E-state index is -1.09. The van der Waals surface area contributed by atoms with Gasteiger partial charge in [0.15, 0.2) is 5.82 Å². The Morgan fingerprint density at radius 1 is 1.47 bits per heavy atom. The molecule has 19 heavy (non-hydrogen) atoms. The normalized spacial score (nSPS) is 14.5. The van der Waals surface area contributed by atoms with E-state index < -0.39 is 5.97 Å². The Bertz CT molecular complexity index is 684. The first-order valence-corrected chi connectivity index (χ1v) is 5.90. The van der Waals surface area contributed by atoms with Crippen molar-refractivity contribution in [3.8, 4) is 0 Å². The highest BCUT2D eigenvalue weighted by Gasteiger charge is 2.28. The summed E-state index contributed by atoms with van der Waals surface area (Å²) in [5.41, 5.74) is -0.266. The average Bonchev–Trinajstić information content (AvgIpc) is 3.13. The average molecular weight is 261 g/mol. The van der Waals surface area contributed by atoms with E-state index in [0.717, 1.165) is 12.8 Å². The molecule has 1 aliphatic carbocycles. The molecule has 0 atom stereocenters. The molecule has 7 heteroatoms. The molecular formula is C12H11N3O4. The van der Waals surface area contributed by atoms with E-state index in [1.807, 2.05) is 0 Å². The zero-order chi connectivity index (χ0) is 13.4. The van der Waals surface area contributed by atoms with Crippen LogP contribution in [-0.4, -0.2) is 25.8 Å². The van der Waals surface area contributed by atoms with Crippen molar-refractivity contribution < 1.29 is 14.4 Å². The lowest BCUT2D eigenvalue weighted by atomic mass is 10.3. The van der Waals surface area contributed by atoms with Gasteiger partial charge in [0.2, 0.25) is 5.89 Å². The van der Waals surface area contributed by atoms with Crippen LogP contribution in [-0.2, 0) is 6.54 Å². The van der Waals surface area contributed by atoms with E-state index in [4.69, 9.17) is 9.63 Å². The number of rotatable bonds is 4. The molecule has 1 saturated carbocycles. The molecule has 0 aliphatic heterocycles. The van der Waals surface area contributed by atoms with Crippen molar-refractivity contribution in [3.63, 3.8) is 0 Å². The highest BCUT2D eigenvalue weighted by molar-refractivity contribution is 5.87. The molecule has 0 bridgehead atoms. The van der Waals surface area contributed by atoms with Crippen LogP contribution in [0.4, 0.5) is 0 Å². The standard InChI is InChI=1S/C12H11N3O4/c16-10-4-3-8(12(17)18)5-15(10)6-9-13-11(14-19-9)7-1-2-7/h3-5,7H,1-2,6H2,(H,17,18). The van der Waals surface area contributed by atoms with Gasteiger partial charge in [-0.1, -0.05) is 5.16 Å². The van der Waals surface area contributed by atoms with E-state index in [1.54, 1.807) is 0 Å². The van der Waals surface area contributed by atoms with Gasteiger partial charge in [0.1, 0.15) is 6.54 Å². The van der Waals surface area contributed by atoms with Gasteiger partial charge < -0.3 is 14.2 Å². The SMILES string of the molecule is O=C(O)c1ccc(=O)n(Cc2nc(C3CC3)no2)c1. The van der Waals surface area contributed by atoms with Crippen LogP contribution in [0.15, 0.2) is 27.6 Å². The monoisotopic (exact) mass is 261 g/mol. The molecule has 0 amide bonds. The van der Waals surface area contributed by atoms with Crippen LogP contribution in [0.3, 0.4) is 0 Å². The summed E-state index contributed by atoms with van der Waals surface area (Å²) in [5, 5.41) is 12.7. The van der Waals surface area contributed by atoms with Gasteiger partial charge >= 0.3 is 5.97 Å². The number of aromatic carboxylic acids is 1. The lowest BCUT2D eigenvalue weighted by Gasteiger charge is -2.02. The number of carbonyl (C=O) groups is 1. The second-order valence-corrected chi connectivity index (χ2v) is 4.51. The zero-order valence-electron chi connectivity index (χ0n) is 9.94. The van der Waals surface area contributed by atoms with Crippen LogP contribution >= 0.6 is 0 Å². The summed E-state index contributed by atoms with van der Waals surface area (Å²) in [5.74, 6) is 0.265. The fourth-order valence-electron chi connectivity index (χ4n) is 1.77. The molecule has 1 fully saturated rings. The summed E-state index contributed by atoms with van der Waals surface area (Å²) in [6.07, 6.45) is 3.40. The van der Waals surface area contributed by atoms with E-state index in [-0.39, 0.29) is 17.7 Å². The van der Waals surface area contributed by atoms with Crippen LogP contribution in [0, 0.1) is 0 Å². The minimum Gasteiger partial charge on any atom is -0.478 e. The third-order valence-corrected chi connectivity index (χ3v) is 2.96. The first-order valence-electron chi connectivity index (χ1n) is 5.90. The molecule has 98 valence electrons. The maximum atomic E-state index is 11.6. The van der Waals surface area contributed by atoms with Gasteiger partial charge in [0, 0.05) is 18.2 Å². The summed E-state index contributed by atoms with van der Waals surface area (Å²) in [6, 6.07) is 2.48. The van der Waals surface area contributed by atoms with E-state index in [0.29, 0.717) is 17.6 Å². The molecular weight excluding hydrogens is 250 g/mol. The van der Waals surface area contributed by atoms with Crippen LogP contribution in [0.1, 0.15) is 40.8 Å². The molecule has 3 rings (SSSR count). The smallest absolute Gasteiger partial charge is 0.337 e. The predicted molar refractivity (Wildman–Crippen MR) is 63.0 cm³/mol. The molecule has 2 aromatic rings. The van der Waals surface area contributed by atoms with Crippen molar-refractivity contribution in [2.24, 2.45) is 0 Å². The third-order valence-electron chi connectivity index (χ3n) is 2.96. The summed E-state index contributed by atoms with van der Waals surface area (Å²) in [4.78, 5) is 26.7. The second kappa shape index (κ2) is 4.34. The number of nitrogens with zero attached hydrogens (tertiary/aromatic N) is 3. The van der Waals surface area contributed by atoms with Crippen molar-refractivity contribution in [1.29, 1.82) is 0 Å². The Morgan fingerprint density at radius 3 is 2.95 bits per heavy atom. The minimum absolute atomic E-state index is 0.0431. The van der Waals surface area contributed by atoms with Crippen LogP contribution in [0.5, 0.6) is 0 Å². The van der Waals surface area contributed by atoms with Crippen LogP contribution < -0.4 is 5.56 Å². The third kappa shape index (κ3) is 2.40. The van der Waals surface area contributed by atoms with Gasteiger partial charge in [0.05, 0.1) is 5.56 Å². The first-order chi connectivity index (χ1) is 9.13. The fourth-order valence-corrected chi connectivity index (χ4v) is 1.77. The fraction of sp³-hybridized carbons (Fsp3) is 0.333. The Kier molecular flexibility index (Phi) is 2.66. The van der Waals surface area contributed by atoms with Gasteiger partial charge in [-0.25, -0.2) is 4.79 Å². The Hall–Kier alpha value is -2.44. The van der Waals surface area contributed by atoms with Gasteiger partial charge in [-0.05, 0) is 18.9 Å². The first kappa shape index (κ1) is 11.6. The quantitative estimate of drug-likeness (QED) is 0.876. The largest absolute Gasteiger partial charge is 0.478 e. The molecule has 0 spiro atoms. The van der Waals surface area contributed by atoms with Crippen molar-refractivity contribution in [1.82, 2.24) is 14.7 Å². The molecule has 2 aromatic heterocycles. The van der Waals surface area contributed by atoms with Crippen LogP contribution in [0.25, 0.3) is 0 Å². The maximum Gasteiger partial charge on any atom is 0.337 e. The highest BCUT2D eigenvalue weighted by Crippen LogP contribution is 2.38. The van der Waals surface area contributed by atoms with Gasteiger partial charge in [-0.3, -0.25) is 4.79 Å². The predicted octanol–water partition coefficient (Wildman–Crippen LogP) is 0.855. The summed E-state index contributed by atoms with van der Waals surface area (Å²) in [6.45, 7) is 0.0830. The molecule has 1 N–H and O–H groups in total. The molecule has 1 aliphatic rings. The van der Waals surface area contributed by atoms with Crippen molar-refractivity contribution in [2.75, 3.05) is 0 Å². The lowest BCUT2D eigenvalue weighted by Crippen LogP contribution is -2.20. The van der Waals surface area contributed by atoms with Crippen molar-refractivity contribution >= 4 is 5.97 Å². The topological polar surface area (TPSA) is 98.2 Å². The molecule has 2 heterocycles. The number of pyridine rings is 1. The maximum absolute atomic E-state index is 11.6. The Labute approximate surface area is 107 Å². The van der Waals surface area contributed by atoms with E-state index in [9.17, 15) is 9.59 Å². The Balaban J connectivity index is 1.86. The highest BCUT2D eigenvalue weighted by atomic mass is 16.5. The summed E-state index contributed by atoms with van der Waals surface area (Å²) in [7, 11) is 0. The van der Waals surface area contributed by atoms with Crippen molar-refractivity contribution in [2.45, 2.75) is 25.3 Å². The molecule has 0 unspecified atom stereocenters.